The molecule has 1 heterocycles. The quantitative estimate of drug-likeness (QED) is 0.381. The molecule has 1 aromatic heterocycles. The molecule has 0 amide bonds. The number of aromatic nitrogens is 1. The highest BCUT2D eigenvalue weighted by atomic mass is 16.5. The highest BCUT2D eigenvalue weighted by Gasteiger charge is 2.12. The summed E-state index contributed by atoms with van der Waals surface area (Å²) in [4.78, 5) is 16.4. The predicted molar refractivity (Wildman–Crippen MR) is 112 cm³/mol. The Bertz CT molecular complexity index is 957. The molecule has 4 heteroatoms. The third-order valence-electron chi connectivity index (χ3n) is 4.34. The zero-order chi connectivity index (χ0) is 19.8. The maximum absolute atomic E-state index is 12.2. The first-order valence-electron chi connectivity index (χ1n) is 9.18. The lowest BCUT2D eigenvalue weighted by Gasteiger charge is -2.13. The molecule has 2 aromatic carbocycles. The van der Waals surface area contributed by atoms with Gasteiger partial charge >= 0.3 is 0 Å². The summed E-state index contributed by atoms with van der Waals surface area (Å²) in [6.07, 6.45) is 3.85. The third kappa shape index (κ3) is 5.07. The zero-order valence-corrected chi connectivity index (χ0v) is 15.9. The van der Waals surface area contributed by atoms with Gasteiger partial charge in [0.25, 0.3) is 0 Å². The van der Waals surface area contributed by atoms with Crippen molar-refractivity contribution >= 4 is 5.78 Å². The number of ketones is 1. The minimum absolute atomic E-state index is 0. The number of carbonyl (C=O) groups is 1. The van der Waals surface area contributed by atoms with Gasteiger partial charge in [0.05, 0.1) is 6.61 Å². The minimum Gasteiger partial charge on any atom is -0.493 e. The van der Waals surface area contributed by atoms with Gasteiger partial charge in [0.2, 0.25) is 0 Å². The average Bonchev–Trinajstić information content (AvgIpc) is 2.73. The van der Waals surface area contributed by atoms with E-state index in [0.717, 1.165) is 29.0 Å². The SMILES string of the molecule is C=CC(=O)c1c(C)cccc1COc1cccc(OCCc2ccccn2)c1.[HH]. The lowest BCUT2D eigenvalue weighted by Crippen LogP contribution is -2.07. The van der Waals surface area contributed by atoms with E-state index >= 15 is 0 Å². The van der Waals surface area contributed by atoms with Gasteiger partial charge in [-0.1, -0.05) is 36.9 Å². The molecule has 0 spiro atoms. The van der Waals surface area contributed by atoms with Gasteiger partial charge in [-0.25, -0.2) is 0 Å². The van der Waals surface area contributed by atoms with E-state index in [1.807, 2.05) is 67.6 Å². The van der Waals surface area contributed by atoms with E-state index in [9.17, 15) is 4.79 Å². The van der Waals surface area contributed by atoms with Crippen LogP contribution in [-0.4, -0.2) is 17.4 Å². The molecule has 3 rings (SSSR count). The van der Waals surface area contributed by atoms with Crippen molar-refractivity contribution in [3.8, 4) is 11.5 Å². The van der Waals surface area contributed by atoms with E-state index in [2.05, 4.69) is 11.6 Å². The second kappa shape index (κ2) is 9.51. The van der Waals surface area contributed by atoms with Gasteiger partial charge < -0.3 is 9.47 Å². The van der Waals surface area contributed by atoms with E-state index in [-0.39, 0.29) is 7.21 Å². The standard InChI is InChI=1S/C24H23NO3.H2/c1-3-23(26)24-18(2)8-6-9-19(24)17-28-22-12-7-11-21(16-22)27-15-13-20-10-4-5-14-25-20;/h3-12,14,16H,1,13,15,17H2,2H3;1H. The summed E-state index contributed by atoms with van der Waals surface area (Å²) in [6, 6.07) is 19.1. The Kier molecular flexibility index (Phi) is 6.58. The Morgan fingerprint density at radius 3 is 2.61 bits per heavy atom. The number of hydrogen-bond donors (Lipinski definition) is 0. The number of ether oxygens (including phenoxy) is 2. The molecule has 0 radical (unpaired) electrons. The van der Waals surface area contributed by atoms with Crippen LogP contribution in [0.1, 0.15) is 28.6 Å². The van der Waals surface area contributed by atoms with Crippen molar-refractivity contribution in [3.05, 3.63) is 102 Å². The smallest absolute Gasteiger partial charge is 0.185 e. The van der Waals surface area contributed by atoms with Gasteiger partial charge in [0.1, 0.15) is 18.1 Å². The normalized spacial score (nSPS) is 10.3. The number of rotatable bonds is 9. The molecule has 0 bridgehead atoms. The monoisotopic (exact) mass is 375 g/mol. The molecule has 3 aromatic rings. The van der Waals surface area contributed by atoms with Gasteiger partial charge in [-0.2, -0.15) is 0 Å². The largest absolute Gasteiger partial charge is 0.493 e. The molecule has 4 nitrogen and oxygen atoms in total. The number of nitrogens with zero attached hydrogens (tertiary/aromatic N) is 1. The van der Waals surface area contributed by atoms with E-state index in [1.165, 1.54) is 6.08 Å². The summed E-state index contributed by atoms with van der Waals surface area (Å²) in [5, 5.41) is 0. The number of pyridine rings is 1. The molecular formula is C24H25NO3. The van der Waals surface area contributed by atoms with Crippen molar-refractivity contribution in [2.24, 2.45) is 0 Å². The van der Waals surface area contributed by atoms with Crippen molar-refractivity contribution in [2.45, 2.75) is 20.0 Å². The summed E-state index contributed by atoms with van der Waals surface area (Å²) >= 11 is 0. The Hall–Kier alpha value is -3.40. The molecule has 0 aliphatic carbocycles. The first-order valence-corrected chi connectivity index (χ1v) is 9.18. The number of aryl methyl sites for hydroxylation is 1. The Morgan fingerprint density at radius 2 is 1.86 bits per heavy atom. The zero-order valence-electron chi connectivity index (χ0n) is 15.9. The van der Waals surface area contributed by atoms with Gasteiger partial charge in [-0.15, -0.1) is 0 Å². The molecule has 0 aliphatic rings. The molecule has 0 saturated carbocycles. The molecule has 0 N–H and O–H groups in total. The summed E-state index contributed by atoms with van der Waals surface area (Å²) in [7, 11) is 0. The van der Waals surface area contributed by atoms with Crippen LogP contribution in [0.3, 0.4) is 0 Å². The topological polar surface area (TPSA) is 48.4 Å². The predicted octanol–water partition coefficient (Wildman–Crippen LogP) is 5.21. The van der Waals surface area contributed by atoms with Crippen LogP contribution in [0.4, 0.5) is 0 Å². The maximum Gasteiger partial charge on any atom is 0.185 e. The van der Waals surface area contributed by atoms with Crippen molar-refractivity contribution in [1.82, 2.24) is 4.98 Å². The lowest BCUT2D eigenvalue weighted by molar-refractivity contribution is 0.104. The number of hydrogen-bond acceptors (Lipinski definition) is 4. The second-order valence-corrected chi connectivity index (χ2v) is 6.36. The summed E-state index contributed by atoms with van der Waals surface area (Å²) < 4.78 is 11.7. The molecule has 0 fully saturated rings. The Balaban J connectivity index is 0.00000300. The van der Waals surface area contributed by atoms with E-state index in [1.54, 1.807) is 6.20 Å². The van der Waals surface area contributed by atoms with Crippen LogP contribution in [0.2, 0.25) is 0 Å². The van der Waals surface area contributed by atoms with Gasteiger partial charge in [-0.3, -0.25) is 9.78 Å². The summed E-state index contributed by atoms with van der Waals surface area (Å²) in [5.41, 5.74) is 3.40. The number of allylic oxidation sites excluding steroid dienone is 1. The van der Waals surface area contributed by atoms with Crippen LogP contribution in [0.25, 0.3) is 0 Å². The average molecular weight is 375 g/mol. The lowest BCUT2D eigenvalue weighted by atomic mass is 9.98. The first kappa shape index (κ1) is 19.4. The molecule has 0 unspecified atom stereocenters. The first-order chi connectivity index (χ1) is 13.7. The van der Waals surface area contributed by atoms with Crippen LogP contribution in [0.5, 0.6) is 11.5 Å². The molecule has 28 heavy (non-hydrogen) atoms. The van der Waals surface area contributed by atoms with Gasteiger partial charge in [0, 0.05) is 36.9 Å². The molecule has 0 atom stereocenters. The van der Waals surface area contributed by atoms with E-state index in [0.29, 0.717) is 24.5 Å². The Labute approximate surface area is 167 Å². The van der Waals surface area contributed by atoms with Gasteiger partial charge in [-0.05, 0) is 42.8 Å². The van der Waals surface area contributed by atoms with Crippen molar-refractivity contribution in [3.63, 3.8) is 0 Å². The minimum atomic E-state index is -0.0942. The Morgan fingerprint density at radius 1 is 1.07 bits per heavy atom. The van der Waals surface area contributed by atoms with Crippen molar-refractivity contribution < 1.29 is 15.7 Å². The fourth-order valence-electron chi connectivity index (χ4n) is 2.94. The van der Waals surface area contributed by atoms with Crippen LogP contribution >= 0.6 is 0 Å². The molecule has 0 saturated heterocycles. The highest BCUT2D eigenvalue weighted by Crippen LogP contribution is 2.22. The molecular weight excluding hydrogens is 350 g/mol. The number of benzene rings is 2. The fraction of sp³-hybridized carbons (Fsp3) is 0.167. The summed E-state index contributed by atoms with van der Waals surface area (Å²) in [5.74, 6) is 1.33. The summed E-state index contributed by atoms with van der Waals surface area (Å²) in [6.45, 7) is 6.34. The van der Waals surface area contributed by atoms with E-state index in [4.69, 9.17) is 9.47 Å². The maximum atomic E-state index is 12.2. The molecule has 0 aliphatic heterocycles. The van der Waals surface area contributed by atoms with Crippen LogP contribution in [0, 0.1) is 6.92 Å². The van der Waals surface area contributed by atoms with Crippen LogP contribution < -0.4 is 9.47 Å². The highest BCUT2D eigenvalue weighted by molar-refractivity contribution is 6.06. The third-order valence-corrected chi connectivity index (χ3v) is 4.34. The van der Waals surface area contributed by atoms with Crippen LogP contribution in [0.15, 0.2) is 79.5 Å². The van der Waals surface area contributed by atoms with Crippen molar-refractivity contribution in [2.75, 3.05) is 6.61 Å². The fourth-order valence-corrected chi connectivity index (χ4v) is 2.94. The van der Waals surface area contributed by atoms with Crippen molar-refractivity contribution in [1.29, 1.82) is 0 Å². The second-order valence-electron chi connectivity index (χ2n) is 6.36. The van der Waals surface area contributed by atoms with Crippen LogP contribution in [-0.2, 0) is 13.0 Å². The number of carbonyl (C=O) groups excluding carboxylic acids is 1. The van der Waals surface area contributed by atoms with E-state index < -0.39 is 0 Å². The van der Waals surface area contributed by atoms with Gasteiger partial charge in [0.15, 0.2) is 5.78 Å². The molecule has 144 valence electrons.